The minimum absolute atomic E-state index is 0.184. The summed E-state index contributed by atoms with van der Waals surface area (Å²) < 4.78 is 19.4. The number of nitrogens with one attached hydrogen (secondary N) is 2. The standard InChI is InChI=1S/C22H16BrFN4O3/c1-12-20-17(21(30)25-11-19(29)26-16-8-4-14(23)5-9-16)10-18(27-22(20)31-28-12)13-2-6-15(24)7-3-13/h2-10H,11H2,1H3,(H,25,30)(H,26,29). The summed E-state index contributed by atoms with van der Waals surface area (Å²) in [6.07, 6.45) is 0. The third kappa shape index (κ3) is 4.61. The summed E-state index contributed by atoms with van der Waals surface area (Å²) in [4.78, 5) is 29.5. The molecule has 2 aromatic carbocycles. The average Bonchev–Trinajstić information content (AvgIpc) is 3.14. The van der Waals surface area contributed by atoms with Crippen LogP contribution in [0.1, 0.15) is 16.1 Å². The van der Waals surface area contributed by atoms with Crippen molar-refractivity contribution in [1.82, 2.24) is 15.5 Å². The SMILES string of the molecule is Cc1noc2nc(-c3ccc(F)cc3)cc(C(=O)NCC(=O)Nc3ccc(Br)cc3)c12. The first-order valence-corrected chi connectivity index (χ1v) is 10.1. The van der Waals surface area contributed by atoms with E-state index in [1.165, 1.54) is 12.1 Å². The van der Waals surface area contributed by atoms with E-state index in [0.717, 1.165) is 4.47 Å². The van der Waals surface area contributed by atoms with Gasteiger partial charge in [-0.1, -0.05) is 21.1 Å². The van der Waals surface area contributed by atoms with E-state index in [1.54, 1.807) is 49.4 Å². The first kappa shape index (κ1) is 20.7. The maximum atomic E-state index is 13.3. The molecule has 156 valence electrons. The molecule has 0 aliphatic heterocycles. The number of aromatic nitrogens is 2. The molecule has 9 heteroatoms. The Morgan fingerprint density at radius 2 is 1.81 bits per heavy atom. The number of nitrogens with zero attached hydrogens (tertiary/aromatic N) is 2. The van der Waals surface area contributed by atoms with E-state index in [4.69, 9.17) is 4.52 Å². The fourth-order valence-electron chi connectivity index (χ4n) is 3.04. The molecule has 0 aliphatic rings. The van der Waals surface area contributed by atoms with Crippen LogP contribution in [-0.2, 0) is 4.79 Å². The van der Waals surface area contributed by atoms with Crippen LogP contribution in [-0.4, -0.2) is 28.5 Å². The lowest BCUT2D eigenvalue weighted by Gasteiger charge is -2.09. The van der Waals surface area contributed by atoms with E-state index in [9.17, 15) is 14.0 Å². The highest BCUT2D eigenvalue weighted by atomic mass is 79.9. The van der Waals surface area contributed by atoms with Crippen LogP contribution in [0.25, 0.3) is 22.4 Å². The summed E-state index contributed by atoms with van der Waals surface area (Å²) in [5.74, 6) is -1.23. The number of aryl methyl sites for hydroxylation is 1. The third-order valence-corrected chi connectivity index (χ3v) is 5.07. The fraction of sp³-hybridized carbons (Fsp3) is 0.0909. The van der Waals surface area contributed by atoms with Crippen molar-refractivity contribution in [3.63, 3.8) is 0 Å². The van der Waals surface area contributed by atoms with E-state index in [0.29, 0.717) is 28.0 Å². The number of hydrogen-bond donors (Lipinski definition) is 2. The van der Waals surface area contributed by atoms with Gasteiger partial charge in [0.2, 0.25) is 5.91 Å². The Balaban J connectivity index is 1.56. The zero-order chi connectivity index (χ0) is 22.0. The molecule has 2 heterocycles. The van der Waals surface area contributed by atoms with Gasteiger partial charge in [0, 0.05) is 15.7 Å². The van der Waals surface area contributed by atoms with Crippen molar-refractivity contribution >= 4 is 44.5 Å². The molecular weight excluding hydrogens is 467 g/mol. The van der Waals surface area contributed by atoms with Crippen LogP contribution in [0, 0.1) is 12.7 Å². The fourth-order valence-corrected chi connectivity index (χ4v) is 3.30. The van der Waals surface area contributed by atoms with Crippen LogP contribution < -0.4 is 10.6 Å². The molecule has 2 aromatic heterocycles. The molecule has 31 heavy (non-hydrogen) atoms. The maximum absolute atomic E-state index is 13.3. The van der Waals surface area contributed by atoms with Gasteiger partial charge in [-0.25, -0.2) is 9.37 Å². The van der Waals surface area contributed by atoms with Crippen molar-refractivity contribution < 1.29 is 18.5 Å². The van der Waals surface area contributed by atoms with E-state index >= 15 is 0 Å². The quantitative estimate of drug-likeness (QED) is 0.437. The van der Waals surface area contributed by atoms with Crippen molar-refractivity contribution in [3.8, 4) is 11.3 Å². The number of carbonyl (C=O) groups excluding carboxylic acids is 2. The van der Waals surface area contributed by atoms with Crippen LogP contribution in [0.3, 0.4) is 0 Å². The summed E-state index contributed by atoms with van der Waals surface area (Å²) in [7, 11) is 0. The number of anilines is 1. The Labute approximate surface area is 184 Å². The van der Waals surface area contributed by atoms with Gasteiger partial charge in [-0.05, 0) is 61.5 Å². The Hall–Kier alpha value is -3.59. The number of hydrogen-bond acceptors (Lipinski definition) is 5. The van der Waals surface area contributed by atoms with Gasteiger partial charge < -0.3 is 15.2 Å². The molecule has 0 spiro atoms. The molecule has 4 aromatic rings. The lowest BCUT2D eigenvalue weighted by molar-refractivity contribution is -0.115. The number of halogens is 2. The second-order valence-electron chi connectivity index (χ2n) is 6.75. The van der Waals surface area contributed by atoms with Crippen molar-refractivity contribution in [2.75, 3.05) is 11.9 Å². The Morgan fingerprint density at radius 3 is 2.52 bits per heavy atom. The van der Waals surface area contributed by atoms with E-state index in [-0.39, 0.29) is 29.5 Å². The molecule has 0 saturated carbocycles. The first-order valence-electron chi connectivity index (χ1n) is 9.27. The van der Waals surface area contributed by atoms with Crippen LogP contribution in [0.4, 0.5) is 10.1 Å². The Bertz CT molecular complexity index is 1270. The summed E-state index contributed by atoms with van der Waals surface area (Å²) in [6.45, 7) is 1.47. The largest absolute Gasteiger partial charge is 0.343 e. The maximum Gasteiger partial charge on any atom is 0.259 e. The second-order valence-corrected chi connectivity index (χ2v) is 7.66. The highest BCUT2D eigenvalue weighted by Crippen LogP contribution is 2.27. The normalized spacial score (nSPS) is 10.8. The van der Waals surface area contributed by atoms with Crippen molar-refractivity contribution in [2.45, 2.75) is 6.92 Å². The van der Waals surface area contributed by atoms with Crippen LogP contribution in [0.5, 0.6) is 0 Å². The van der Waals surface area contributed by atoms with Crippen molar-refractivity contribution in [2.24, 2.45) is 0 Å². The van der Waals surface area contributed by atoms with E-state index in [2.05, 4.69) is 36.7 Å². The lowest BCUT2D eigenvalue weighted by Crippen LogP contribution is -2.33. The smallest absolute Gasteiger partial charge is 0.259 e. The molecule has 0 saturated heterocycles. The minimum atomic E-state index is -0.479. The van der Waals surface area contributed by atoms with Gasteiger partial charge in [0.1, 0.15) is 5.82 Å². The van der Waals surface area contributed by atoms with Gasteiger partial charge in [-0.2, -0.15) is 0 Å². The highest BCUT2D eigenvalue weighted by Gasteiger charge is 2.20. The molecule has 0 aliphatic carbocycles. The minimum Gasteiger partial charge on any atom is -0.343 e. The first-order chi connectivity index (χ1) is 14.9. The van der Waals surface area contributed by atoms with Crippen LogP contribution in [0.15, 0.2) is 63.6 Å². The van der Waals surface area contributed by atoms with Gasteiger partial charge in [0.05, 0.1) is 28.9 Å². The third-order valence-electron chi connectivity index (χ3n) is 4.54. The van der Waals surface area contributed by atoms with Gasteiger partial charge in [0.25, 0.3) is 11.6 Å². The summed E-state index contributed by atoms with van der Waals surface area (Å²) in [6, 6.07) is 14.4. The molecule has 0 bridgehead atoms. The zero-order valence-electron chi connectivity index (χ0n) is 16.3. The topological polar surface area (TPSA) is 97.1 Å². The molecule has 0 fully saturated rings. The molecular formula is C22H16BrFN4O3. The molecule has 4 rings (SSSR count). The predicted molar refractivity (Wildman–Crippen MR) is 117 cm³/mol. The van der Waals surface area contributed by atoms with Gasteiger partial charge in [-0.3, -0.25) is 9.59 Å². The molecule has 2 amide bonds. The molecule has 0 unspecified atom stereocenters. The van der Waals surface area contributed by atoms with Gasteiger partial charge >= 0.3 is 0 Å². The summed E-state index contributed by atoms with van der Waals surface area (Å²) in [5, 5.41) is 9.66. The molecule has 0 radical (unpaired) electrons. The van der Waals surface area contributed by atoms with E-state index < -0.39 is 5.91 Å². The van der Waals surface area contributed by atoms with Gasteiger partial charge in [-0.15, -0.1) is 0 Å². The monoisotopic (exact) mass is 482 g/mol. The zero-order valence-corrected chi connectivity index (χ0v) is 17.9. The number of amides is 2. The van der Waals surface area contributed by atoms with Crippen LogP contribution in [0.2, 0.25) is 0 Å². The van der Waals surface area contributed by atoms with Crippen LogP contribution >= 0.6 is 15.9 Å². The Morgan fingerprint density at radius 1 is 1.10 bits per heavy atom. The molecule has 7 nitrogen and oxygen atoms in total. The highest BCUT2D eigenvalue weighted by molar-refractivity contribution is 9.10. The average molecular weight is 483 g/mol. The number of pyridine rings is 1. The molecule has 2 N–H and O–H groups in total. The molecule has 0 atom stereocenters. The summed E-state index contributed by atoms with van der Waals surface area (Å²) >= 11 is 3.33. The van der Waals surface area contributed by atoms with E-state index in [1.807, 2.05) is 0 Å². The Kier molecular flexibility index (Phi) is 5.77. The summed E-state index contributed by atoms with van der Waals surface area (Å²) in [5.41, 5.74) is 2.59. The number of rotatable bonds is 5. The van der Waals surface area contributed by atoms with Gasteiger partial charge in [0.15, 0.2) is 0 Å². The van der Waals surface area contributed by atoms with Crippen molar-refractivity contribution in [1.29, 1.82) is 0 Å². The second kappa shape index (κ2) is 8.65. The lowest BCUT2D eigenvalue weighted by atomic mass is 10.1. The predicted octanol–water partition coefficient (Wildman–Crippen LogP) is 4.47. The number of carbonyl (C=O) groups is 2. The number of benzene rings is 2. The number of fused-ring (bicyclic) bond motifs is 1. The van der Waals surface area contributed by atoms with Crippen molar-refractivity contribution in [3.05, 3.63) is 76.1 Å².